The third-order valence-electron chi connectivity index (χ3n) is 2.61. The van der Waals surface area contributed by atoms with Crippen molar-refractivity contribution in [3.8, 4) is 17.1 Å². The fraction of sp³-hybridized carbons (Fsp3) is 0.357. The van der Waals surface area contributed by atoms with Crippen molar-refractivity contribution in [3.05, 3.63) is 36.7 Å². The van der Waals surface area contributed by atoms with Crippen molar-refractivity contribution in [1.29, 1.82) is 0 Å². The first-order valence-electron chi connectivity index (χ1n) is 6.37. The maximum atomic E-state index is 5.66. The largest absolute Gasteiger partial charge is 1.00 e. The molecule has 0 aliphatic heterocycles. The molecular formula is C14H18IN3OS. The van der Waals surface area contributed by atoms with Gasteiger partial charge in [-0.15, -0.1) is 4.37 Å². The maximum Gasteiger partial charge on any atom is 0.254 e. The summed E-state index contributed by atoms with van der Waals surface area (Å²) in [5.74, 6) is 0.609. The topological polar surface area (TPSA) is 38.9 Å². The van der Waals surface area contributed by atoms with Gasteiger partial charge in [-0.3, -0.25) is 0 Å². The highest BCUT2D eigenvalue weighted by molar-refractivity contribution is 6.99. The summed E-state index contributed by atoms with van der Waals surface area (Å²) in [6.07, 6.45) is 10.4. The summed E-state index contributed by atoms with van der Waals surface area (Å²) >= 11 is 1.18. The molecule has 0 atom stereocenters. The van der Waals surface area contributed by atoms with Gasteiger partial charge in [0.2, 0.25) is 0 Å². The first-order chi connectivity index (χ1) is 9.31. The molecular weight excluding hydrogens is 385 g/mol. The molecule has 0 aliphatic carbocycles. The van der Waals surface area contributed by atoms with Crippen molar-refractivity contribution in [2.24, 2.45) is 7.05 Å². The molecule has 0 unspecified atom stereocenters. The minimum absolute atomic E-state index is 0. The average molecular weight is 403 g/mol. The summed E-state index contributed by atoms with van der Waals surface area (Å²) in [5.41, 5.74) is 1.83. The Morgan fingerprint density at radius 1 is 1.35 bits per heavy atom. The van der Waals surface area contributed by atoms with Crippen LogP contribution in [0, 0.1) is 0 Å². The third-order valence-corrected chi connectivity index (χ3v) is 3.12. The Kier molecular flexibility index (Phi) is 7.68. The molecule has 4 nitrogen and oxygen atoms in total. The number of allylic oxidation sites excluding steroid dienone is 1. The molecule has 0 spiro atoms. The SMILES string of the molecule is CCC/C=C\COc1nsnc1-c1ccc[n+](C)c1.[I-]. The number of hydrogen-bond acceptors (Lipinski definition) is 4. The summed E-state index contributed by atoms with van der Waals surface area (Å²) in [4.78, 5) is 0. The zero-order valence-electron chi connectivity index (χ0n) is 11.6. The van der Waals surface area contributed by atoms with E-state index in [4.69, 9.17) is 4.74 Å². The second kappa shape index (κ2) is 9.02. The van der Waals surface area contributed by atoms with Crippen molar-refractivity contribution < 1.29 is 33.3 Å². The summed E-state index contributed by atoms with van der Waals surface area (Å²) < 4.78 is 16.2. The molecule has 0 aromatic carbocycles. The lowest BCUT2D eigenvalue weighted by molar-refractivity contribution is -0.671. The molecule has 6 heteroatoms. The van der Waals surface area contributed by atoms with Gasteiger partial charge < -0.3 is 28.7 Å². The number of unbranched alkanes of at least 4 members (excludes halogenated alkanes) is 1. The van der Waals surface area contributed by atoms with Crippen LogP contribution in [-0.2, 0) is 7.05 Å². The molecule has 2 aromatic heterocycles. The summed E-state index contributed by atoms with van der Waals surface area (Å²) in [6, 6.07) is 4.00. The Morgan fingerprint density at radius 3 is 2.95 bits per heavy atom. The number of nitrogens with zero attached hydrogens (tertiary/aromatic N) is 3. The van der Waals surface area contributed by atoms with E-state index in [1.165, 1.54) is 11.7 Å². The fourth-order valence-electron chi connectivity index (χ4n) is 1.66. The van der Waals surface area contributed by atoms with Crippen LogP contribution < -0.4 is 33.3 Å². The van der Waals surface area contributed by atoms with Crippen LogP contribution in [0.1, 0.15) is 19.8 Å². The van der Waals surface area contributed by atoms with Gasteiger partial charge in [-0.2, -0.15) is 4.37 Å². The minimum atomic E-state index is 0. The summed E-state index contributed by atoms with van der Waals surface area (Å²) in [7, 11) is 1.98. The van der Waals surface area contributed by atoms with Gasteiger partial charge >= 0.3 is 0 Å². The number of halogens is 1. The van der Waals surface area contributed by atoms with Crippen LogP contribution in [0.25, 0.3) is 11.3 Å². The molecule has 108 valence electrons. The van der Waals surface area contributed by atoms with E-state index in [0.717, 1.165) is 24.1 Å². The number of pyridine rings is 1. The van der Waals surface area contributed by atoms with Gasteiger partial charge in [-0.05, 0) is 12.5 Å². The number of aromatic nitrogens is 3. The Bertz CT molecular complexity index is 557. The lowest BCUT2D eigenvalue weighted by Crippen LogP contribution is -3.00. The van der Waals surface area contributed by atoms with Crippen molar-refractivity contribution in [1.82, 2.24) is 8.75 Å². The first kappa shape index (κ1) is 17.0. The van der Waals surface area contributed by atoms with Crippen LogP contribution in [0.3, 0.4) is 0 Å². The van der Waals surface area contributed by atoms with E-state index >= 15 is 0 Å². The van der Waals surface area contributed by atoms with Crippen LogP contribution in [0.5, 0.6) is 5.88 Å². The molecule has 2 rings (SSSR count). The molecule has 0 N–H and O–H groups in total. The lowest BCUT2D eigenvalue weighted by Gasteiger charge is -2.01. The van der Waals surface area contributed by atoms with E-state index in [9.17, 15) is 0 Å². The molecule has 0 radical (unpaired) electrons. The highest BCUT2D eigenvalue weighted by atomic mass is 127. The van der Waals surface area contributed by atoms with Crippen molar-refractivity contribution in [2.45, 2.75) is 19.8 Å². The average Bonchev–Trinajstić information content (AvgIpc) is 2.87. The van der Waals surface area contributed by atoms with E-state index in [2.05, 4.69) is 21.7 Å². The quantitative estimate of drug-likeness (QED) is 0.380. The molecule has 0 saturated carbocycles. The van der Waals surface area contributed by atoms with E-state index in [1.807, 2.05) is 42.2 Å². The highest BCUT2D eigenvalue weighted by Gasteiger charge is 2.13. The van der Waals surface area contributed by atoms with Gasteiger partial charge in [-0.1, -0.05) is 25.5 Å². The van der Waals surface area contributed by atoms with Crippen molar-refractivity contribution in [2.75, 3.05) is 6.61 Å². The Morgan fingerprint density at radius 2 is 2.20 bits per heavy atom. The van der Waals surface area contributed by atoms with Gasteiger partial charge in [0.25, 0.3) is 5.88 Å². The van der Waals surface area contributed by atoms with Gasteiger partial charge in [0.15, 0.2) is 18.1 Å². The standard InChI is InChI=1S/C14H18N3OS.HI/c1-3-4-5-6-10-18-14-13(15-19-16-14)12-8-7-9-17(2)11-12;/h5-9,11H,3-4,10H2,1-2H3;1H/q+1;/p-1/b6-5-;. The Balaban J connectivity index is 0.00000200. The van der Waals surface area contributed by atoms with Crippen LogP contribution in [0.4, 0.5) is 0 Å². The molecule has 20 heavy (non-hydrogen) atoms. The summed E-state index contributed by atoms with van der Waals surface area (Å²) in [6.45, 7) is 2.69. The molecule has 0 bridgehead atoms. The van der Waals surface area contributed by atoms with E-state index in [0.29, 0.717) is 12.5 Å². The molecule has 2 aromatic rings. The maximum absolute atomic E-state index is 5.66. The lowest BCUT2D eigenvalue weighted by atomic mass is 10.2. The summed E-state index contributed by atoms with van der Waals surface area (Å²) in [5, 5.41) is 0. The molecule has 0 aliphatic rings. The van der Waals surface area contributed by atoms with E-state index in [1.54, 1.807) is 0 Å². The zero-order chi connectivity index (χ0) is 13.5. The van der Waals surface area contributed by atoms with Crippen molar-refractivity contribution in [3.63, 3.8) is 0 Å². The number of aryl methyl sites for hydroxylation is 1. The first-order valence-corrected chi connectivity index (χ1v) is 7.10. The van der Waals surface area contributed by atoms with Gasteiger partial charge in [0.05, 0.1) is 17.3 Å². The van der Waals surface area contributed by atoms with Crippen LogP contribution in [-0.4, -0.2) is 15.4 Å². The van der Waals surface area contributed by atoms with E-state index < -0.39 is 0 Å². The van der Waals surface area contributed by atoms with Gasteiger partial charge in [0.1, 0.15) is 13.7 Å². The highest BCUT2D eigenvalue weighted by Crippen LogP contribution is 2.26. The van der Waals surface area contributed by atoms with Crippen LogP contribution in [0.2, 0.25) is 0 Å². The van der Waals surface area contributed by atoms with Crippen molar-refractivity contribution >= 4 is 11.7 Å². The van der Waals surface area contributed by atoms with Gasteiger partial charge in [0, 0.05) is 6.07 Å². The van der Waals surface area contributed by atoms with Crippen LogP contribution >= 0.6 is 11.7 Å². The normalized spacial score (nSPS) is 10.5. The number of hydrogen-bond donors (Lipinski definition) is 0. The zero-order valence-corrected chi connectivity index (χ0v) is 14.6. The monoisotopic (exact) mass is 403 g/mol. The fourth-order valence-corrected chi connectivity index (χ4v) is 2.18. The minimum Gasteiger partial charge on any atom is -1.00 e. The van der Waals surface area contributed by atoms with E-state index in [-0.39, 0.29) is 24.0 Å². The smallest absolute Gasteiger partial charge is 0.254 e. The molecule has 0 fully saturated rings. The molecule has 0 amide bonds. The Hall–Kier alpha value is -1.02. The molecule has 2 heterocycles. The predicted molar refractivity (Wildman–Crippen MR) is 76.1 cm³/mol. The van der Waals surface area contributed by atoms with Gasteiger partial charge in [-0.25, -0.2) is 4.57 Å². The second-order valence-corrected chi connectivity index (χ2v) is 4.78. The third kappa shape index (κ3) is 4.82. The Labute approximate surface area is 140 Å². The van der Waals surface area contributed by atoms with Crippen LogP contribution in [0.15, 0.2) is 36.7 Å². The second-order valence-electron chi connectivity index (χ2n) is 4.25. The molecule has 0 saturated heterocycles. The number of ether oxygens (including phenoxy) is 1. The predicted octanol–water partition coefficient (Wildman–Crippen LogP) is -0.231. The number of rotatable bonds is 6.